The summed E-state index contributed by atoms with van der Waals surface area (Å²) in [7, 11) is -3.75. The molecule has 0 fully saturated rings. The average Bonchev–Trinajstić information content (AvgIpc) is 2.96. The van der Waals surface area contributed by atoms with Crippen molar-refractivity contribution in [3.05, 3.63) is 51.2 Å². The number of halogens is 1. The van der Waals surface area contributed by atoms with Gasteiger partial charge in [-0.2, -0.15) is 0 Å². The molecule has 1 aromatic carbocycles. The van der Waals surface area contributed by atoms with Gasteiger partial charge in [-0.05, 0) is 48.4 Å². The molecular formula is C15H16ClNO3S2. The first-order valence-electron chi connectivity index (χ1n) is 6.96. The van der Waals surface area contributed by atoms with E-state index in [0.717, 1.165) is 23.3 Å². The Morgan fingerprint density at radius 3 is 2.86 bits per heavy atom. The number of aryl methyl sites for hydroxylation is 1. The van der Waals surface area contributed by atoms with E-state index in [2.05, 4.69) is 4.72 Å². The SMILES string of the molecule is O=S(=O)(NCC1(O)CCCc2sccc21)c1ccccc1Cl. The minimum absolute atomic E-state index is 0.0293. The molecule has 0 amide bonds. The molecule has 0 spiro atoms. The lowest BCUT2D eigenvalue weighted by molar-refractivity contribution is 0.0252. The molecule has 4 nitrogen and oxygen atoms in total. The Kier molecular flexibility index (Phi) is 4.31. The zero-order valence-electron chi connectivity index (χ0n) is 11.8. The molecule has 2 aromatic rings. The van der Waals surface area contributed by atoms with Crippen LogP contribution in [0.5, 0.6) is 0 Å². The van der Waals surface area contributed by atoms with Gasteiger partial charge in [-0.3, -0.25) is 0 Å². The summed E-state index contributed by atoms with van der Waals surface area (Å²) in [5.74, 6) is 0. The maximum atomic E-state index is 12.4. The molecule has 1 aliphatic rings. The largest absolute Gasteiger partial charge is 0.384 e. The Morgan fingerprint density at radius 1 is 1.32 bits per heavy atom. The highest BCUT2D eigenvalue weighted by Gasteiger charge is 2.36. The number of hydrogen-bond acceptors (Lipinski definition) is 4. The molecule has 7 heteroatoms. The number of nitrogens with one attached hydrogen (secondary N) is 1. The topological polar surface area (TPSA) is 66.4 Å². The fourth-order valence-corrected chi connectivity index (χ4v) is 5.39. The van der Waals surface area contributed by atoms with Gasteiger partial charge in [0.1, 0.15) is 10.5 Å². The standard InChI is InChI=1S/C15H16ClNO3S2/c16-12-4-1-2-6-14(12)22(19,20)17-10-15(18)8-3-5-13-11(15)7-9-21-13/h1-2,4,6-7,9,17-18H,3,5,8,10H2. The van der Waals surface area contributed by atoms with Crippen molar-refractivity contribution in [2.75, 3.05) is 6.54 Å². The molecule has 0 saturated carbocycles. The normalized spacial score (nSPS) is 21.5. The Balaban J connectivity index is 1.83. The van der Waals surface area contributed by atoms with Gasteiger partial charge in [0.15, 0.2) is 0 Å². The van der Waals surface area contributed by atoms with Crippen LogP contribution < -0.4 is 4.72 Å². The summed E-state index contributed by atoms with van der Waals surface area (Å²) in [4.78, 5) is 1.16. The third-order valence-corrected chi connectivity index (χ3v) is 6.80. The predicted octanol–water partition coefficient (Wildman–Crippen LogP) is 2.90. The highest BCUT2D eigenvalue weighted by atomic mass is 35.5. The minimum atomic E-state index is -3.75. The molecule has 1 aliphatic carbocycles. The van der Waals surface area contributed by atoms with E-state index in [1.165, 1.54) is 12.1 Å². The fourth-order valence-electron chi connectivity index (χ4n) is 2.76. The quantitative estimate of drug-likeness (QED) is 0.884. The number of aliphatic hydroxyl groups is 1. The van der Waals surface area contributed by atoms with Crippen LogP contribution in [0.1, 0.15) is 23.3 Å². The van der Waals surface area contributed by atoms with Crippen molar-refractivity contribution >= 4 is 33.0 Å². The summed E-state index contributed by atoms with van der Waals surface area (Å²) in [5, 5.41) is 12.9. The van der Waals surface area contributed by atoms with Crippen LogP contribution in [0.2, 0.25) is 5.02 Å². The van der Waals surface area contributed by atoms with Gasteiger partial charge in [0.25, 0.3) is 0 Å². The molecular weight excluding hydrogens is 342 g/mol. The summed E-state index contributed by atoms with van der Waals surface area (Å²) < 4.78 is 27.3. The molecule has 0 aliphatic heterocycles. The van der Waals surface area contributed by atoms with E-state index in [-0.39, 0.29) is 16.5 Å². The monoisotopic (exact) mass is 357 g/mol. The van der Waals surface area contributed by atoms with Crippen molar-refractivity contribution in [3.63, 3.8) is 0 Å². The lowest BCUT2D eigenvalue weighted by Crippen LogP contribution is -2.42. The summed E-state index contributed by atoms with van der Waals surface area (Å²) in [6.45, 7) is -0.0513. The Bertz CT molecular complexity index is 788. The fraction of sp³-hybridized carbons (Fsp3) is 0.333. The summed E-state index contributed by atoms with van der Waals surface area (Å²) in [6.07, 6.45) is 2.33. The molecule has 0 bridgehead atoms. The molecule has 1 aromatic heterocycles. The van der Waals surface area contributed by atoms with Crippen LogP contribution in [-0.4, -0.2) is 20.1 Å². The Labute approximate surface area is 138 Å². The van der Waals surface area contributed by atoms with Gasteiger partial charge in [0.05, 0.1) is 5.02 Å². The van der Waals surface area contributed by atoms with Crippen molar-refractivity contribution in [2.24, 2.45) is 0 Å². The van der Waals surface area contributed by atoms with Gasteiger partial charge in [-0.1, -0.05) is 23.7 Å². The third-order valence-electron chi connectivity index (χ3n) is 3.92. The molecule has 1 heterocycles. The minimum Gasteiger partial charge on any atom is -0.384 e. The summed E-state index contributed by atoms with van der Waals surface area (Å²) in [6, 6.07) is 8.15. The number of sulfonamides is 1. The first-order chi connectivity index (χ1) is 10.4. The van der Waals surface area contributed by atoms with Crippen molar-refractivity contribution in [3.8, 4) is 0 Å². The Hall–Kier alpha value is -0.920. The first-order valence-corrected chi connectivity index (χ1v) is 9.70. The van der Waals surface area contributed by atoms with E-state index >= 15 is 0 Å². The smallest absolute Gasteiger partial charge is 0.242 e. The van der Waals surface area contributed by atoms with Crippen LogP contribution in [0.15, 0.2) is 40.6 Å². The number of fused-ring (bicyclic) bond motifs is 1. The van der Waals surface area contributed by atoms with Crippen LogP contribution in [0.25, 0.3) is 0 Å². The number of benzene rings is 1. The maximum absolute atomic E-state index is 12.4. The van der Waals surface area contributed by atoms with Gasteiger partial charge in [-0.25, -0.2) is 13.1 Å². The van der Waals surface area contributed by atoms with E-state index in [9.17, 15) is 13.5 Å². The molecule has 22 heavy (non-hydrogen) atoms. The molecule has 1 atom stereocenters. The average molecular weight is 358 g/mol. The van der Waals surface area contributed by atoms with E-state index in [1.54, 1.807) is 23.5 Å². The second-order valence-corrected chi connectivity index (χ2v) is 8.54. The van der Waals surface area contributed by atoms with Gasteiger partial charge in [0.2, 0.25) is 10.0 Å². The predicted molar refractivity (Wildman–Crippen MR) is 87.8 cm³/mol. The van der Waals surface area contributed by atoms with E-state index in [0.29, 0.717) is 6.42 Å². The lowest BCUT2D eigenvalue weighted by atomic mass is 9.83. The highest BCUT2D eigenvalue weighted by molar-refractivity contribution is 7.89. The van der Waals surface area contributed by atoms with Gasteiger partial charge in [0, 0.05) is 11.4 Å². The van der Waals surface area contributed by atoms with E-state index < -0.39 is 15.6 Å². The second kappa shape index (κ2) is 5.94. The van der Waals surface area contributed by atoms with Crippen LogP contribution >= 0.6 is 22.9 Å². The van der Waals surface area contributed by atoms with Gasteiger partial charge >= 0.3 is 0 Å². The van der Waals surface area contributed by atoms with Crippen LogP contribution in [0.3, 0.4) is 0 Å². The van der Waals surface area contributed by atoms with Crippen LogP contribution in [0, 0.1) is 0 Å². The van der Waals surface area contributed by atoms with Crippen molar-refractivity contribution in [1.29, 1.82) is 0 Å². The van der Waals surface area contributed by atoms with Crippen LogP contribution in [0.4, 0.5) is 0 Å². The van der Waals surface area contributed by atoms with Crippen LogP contribution in [-0.2, 0) is 22.0 Å². The van der Waals surface area contributed by atoms with E-state index in [4.69, 9.17) is 11.6 Å². The molecule has 3 rings (SSSR count). The van der Waals surface area contributed by atoms with Crippen molar-refractivity contribution in [1.82, 2.24) is 4.72 Å². The van der Waals surface area contributed by atoms with E-state index in [1.807, 2.05) is 11.4 Å². The molecule has 0 radical (unpaired) electrons. The van der Waals surface area contributed by atoms with Crippen molar-refractivity contribution < 1.29 is 13.5 Å². The summed E-state index contributed by atoms with van der Waals surface area (Å²) in [5.41, 5.74) is -0.312. The van der Waals surface area contributed by atoms with Gasteiger partial charge < -0.3 is 5.11 Å². The van der Waals surface area contributed by atoms with Crippen molar-refractivity contribution in [2.45, 2.75) is 29.8 Å². The highest BCUT2D eigenvalue weighted by Crippen LogP contribution is 2.38. The molecule has 2 N–H and O–H groups in total. The first kappa shape index (κ1) is 16.0. The lowest BCUT2D eigenvalue weighted by Gasteiger charge is -2.32. The number of thiophene rings is 1. The maximum Gasteiger partial charge on any atom is 0.242 e. The van der Waals surface area contributed by atoms with Gasteiger partial charge in [-0.15, -0.1) is 11.3 Å². The molecule has 0 saturated heterocycles. The Morgan fingerprint density at radius 2 is 2.09 bits per heavy atom. The molecule has 118 valence electrons. The second-order valence-electron chi connectivity index (χ2n) is 5.40. The third kappa shape index (κ3) is 2.94. The summed E-state index contributed by atoms with van der Waals surface area (Å²) >= 11 is 7.55. The number of hydrogen-bond donors (Lipinski definition) is 2. The number of rotatable bonds is 4. The zero-order valence-corrected chi connectivity index (χ0v) is 14.1. The molecule has 1 unspecified atom stereocenters. The zero-order chi connectivity index (χ0) is 15.8.